The molecule has 0 radical (unpaired) electrons. The largest absolute Gasteiger partial charge is 0.322 e. The number of nitriles is 1. The zero-order valence-corrected chi connectivity index (χ0v) is 15.2. The van der Waals surface area contributed by atoms with Gasteiger partial charge >= 0.3 is 6.03 Å². The number of anilines is 1. The van der Waals surface area contributed by atoms with Crippen molar-refractivity contribution < 1.29 is 4.79 Å². The van der Waals surface area contributed by atoms with Crippen molar-refractivity contribution in [1.29, 1.82) is 5.26 Å². The fourth-order valence-electron chi connectivity index (χ4n) is 3.00. The summed E-state index contributed by atoms with van der Waals surface area (Å²) in [5.41, 5.74) is 2.30. The second-order valence-corrected chi connectivity index (χ2v) is 6.73. The molecule has 6 heteroatoms. The van der Waals surface area contributed by atoms with E-state index in [0.717, 1.165) is 31.1 Å². The van der Waals surface area contributed by atoms with Crippen molar-refractivity contribution in [3.8, 4) is 6.07 Å². The first-order valence-electron chi connectivity index (χ1n) is 8.67. The number of hydrogen-bond acceptors (Lipinski definition) is 3. The molecule has 0 bridgehead atoms. The van der Waals surface area contributed by atoms with E-state index in [2.05, 4.69) is 28.4 Å². The Morgan fingerprint density at radius 2 is 1.77 bits per heavy atom. The molecule has 0 aliphatic carbocycles. The van der Waals surface area contributed by atoms with Crippen LogP contribution in [0, 0.1) is 11.3 Å². The first-order valence-corrected chi connectivity index (χ1v) is 9.05. The van der Waals surface area contributed by atoms with Gasteiger partial charge in [-0.15, -0.1) is 0 Å². The summed E-state index contributed by atoms with van der Waals surface area (Å²) in [6.45, 7) is 4.03. The molecule has 1 aliphatic heterocycles. The van der Waals surface area contributed by atoms with Gasteiger partial charge in [-0.25, -0.2) is 4.79 Å². The molecule has 2 amide bonds. The van der Waals surface area contributed by atoms with Crippen LogP contribution in [0.4, 0.5) is 10.5 Å². The number of nitrogens with zero attached hydrogens (tertiary/aromatic N) is 3. The van der Waals surface area contributed by atoms with Gasteiger partial charge in [-0.1, -0.05) is 35.9 Å². The lowest BCUT2D eigenvalue weighted by Gasteiger charge is -2.34. The molecular weight excluding hydrogens is 348 g/mol. The lowest BCUT2D eigenvalue weighted by Crippen LogP contribution is -2.50. The van der Waals surface area contributed by atoms with Crippen molar-refractivity contribution in [3.63, 3.8) is 0 Å². The van der Waals surface area contributed by atoms with Crippen molar-refractivity contribution in [2.45, 2.75) is 6.42 Å². The first kappa shape index (κ1) is 18.2. The molecule has 134 valence electrons. The number of hydrogen-bond donors (Lipinski definition) is 1. The zero-order valence-electron chi connectivity index (χ0n) is 14.5. The Morgan fingerprint density at radius 1 is 1.08 bits per heavy atom. The highest BCUT2D eigenvalue weighted by Crippen LogP contribution is 2.15. The van der Waals surface area contributed by atoms with E-state index in [4.69, 9.17) is 16.9 Å². The third-order valence-electron chi connectivity index (χ3n) is 4.58. The van der Waals surface area contributed by atoms with E-state index in [1.807, 2.05) is 18.2 Å². The quantitative estimate of drug-likeness (QED) is 0.896. The van der Waals surface area contributed by atoms with Crippen molar-refractivity contribution in [2.75, 3.05) is 38.0 Å². The number of halogens is 1. The van der Waals surface area contributed by atoms with Gasteiger partial charge in [-0.05, 0) is 36.2 Å². The summed E-state index contributed by atoms with van der Waals surface area (Å²) in [5, 5.41) is 12.7. The van der Waals surface area contributed by atoms with Gasteiger partial charge in [0, 0.05) is 37.7 Å². The van der Waals surface area contributed by atoms with Crippen molar-refractivity contribution in [3.05, 3.63) is 64.7 Å². The molecule has 1 saturated heterocycles. The van der Waals surface area contributed by atoms with Gasteiger partial charge in [0.05, 0.1) is 11.3 Å². The van der Waals surface area contributed by atoms with Gasteiger partial charge in [0.15, 0.2) is 0 Å². The maximum atomic E-state index is 12.4. The summed E-state index contributed by atoms with van der Waals surface area (Å²) in [6, 6.07) is 16.9. The molecule has 1 heterocycles. The summed E-state index contributed by atoms with van der Waals surface area (Å²) in [6.07, 6.45) is 0.971. The monoisotopic (exact) mass is 368 g/mol. The third kappa shape index (κ3) is 4.75. The lowest BCUT2D eigenvalue weighted by atomic mass is 10.1. The predicted octanol–water partition coefficient (Wildman–Crippen LogP) is 3.60. The lowest BCUT2D eigenvalue weighted by molar-refractivity contribution is 0.148. The maximum absolute atomic E-state index is 12.4. The average Bonchev–Trinajstić information content (AvgIpc) is 2.68. The maximum Gasteiger partial charge on any atom is 0.321 e. The summed E-state index contributed by atoms with van der Waals surface area (Å²) >= 11 is 5.91. The molecule has 1 fully saturated rings. The molecule has 1 aliphatic rings. The third-order valence-corrected chi connectivity index (χ3v) is 4.83. The highest BCUT2D eigenvalue weighted by molar-refractivity contribution is 6.30. The zero-order chi connectivity index (χ0) is 18.4. The van der Waals surface area contributed by atoms with Crippen LogP contribution in [0.1, 0.15) is 11.1 Å². The van der Waals surface area contributed by atoms with Crippen LogP contribution < -0.4 is 5.32 Å². The van der Waals surface area contributed by atoms with Crippen LogP contribution >= 0.6 is 11.6 Å². The highest BCUT2D eigenvalue weighted by atomic mass is 35.5. The molecule has 26 heavy (non-hydrogen) atoms. The predicted molar refractivity (Wildman–Crippen MR) is 103 cm³/mol. The summed E-state index contributed by atoms with van der Waals surface area (Å²) in [7, 11) is 0. The molecule has 2 aromatic rings. The van der Waals surface area contributed by atoms with Gasteiger partial charge in [0.25, 0.3) is 0 Å². The van der Waals surface area contributed by atoms with E-state index in [0.29, 0.717) is 24.3 Å². The number of amides is 2. The Kier molecular flexibility index (Phi) is 6.11. The van der Waals surface area contributed by atoms with Crippen LogP contribution in [0.2, 0.25) is 5.02 Å². The second-order valence-electron chi connectivity index (χ2n) is 6.29. The average molecular weight is 369 g/mol. The fourth-order valence-corrected chi connectivity index (χ4v) is 3.12. The van der Waals surface area contributed by atoms with Gasteiger partial charge < -0.3 is 10.2 Å². The molecule has 2 aromatic carbocycles. The molecule has 0 saturated carbocycles. The van der Waals surface area contributed by atoms with E-state index in [9.17, 15) is 4.79 Å². The summed E-state index contributed by atoms with van der Waals surface area (Å²) in [4.78, 5) is 16.6. The molecular formula is C20H21ClN4O. The number of benzene rings is 2. The van der Waals surface area contributed by atoms with Gasteiger partial charge in [-0.3, -0.25) is 4.90 Å². The summed E-state index contributed by atoms with van der Waals surface area (Å²) < 4.78 is 0. The van der Waals surface area contributed by atoms with Crippen LogP contribution in [0.5, 0.6) is 0 Å². The SMILES string of the molecule is N#Cc1ccccc1NC(=O)N1CCN(CCc2ccc(Cl)cc2)CC1. The molecule has 0 unspecified atom stereocenters. The standard InChI is InChI=1S/C20H21ClN4O/c21-18-7-5-16(6-8-18)9-10-24-11-13-25(14-12-24)20(26)23-19-4-2-1-3-17(19)15-22/h1-8H,9-14H2,(H,23,26). The normalized spacial score (nSPS) is 14.7. The molecule has 0 spiro atoms. The van der Waals surface area contributed by atoms with Gasteiger partial charge in [0.1, 0.15) is 6.07 Å². The minimum Gasteiger partial charge on any atom is -0.322 e. The van der Waals surface area contributed by atoms with E-state index < -0.39 is 0 Å². The van der Waals surface area contributed by atoms with Crippen LogP contribution in [0.25, 0.3) is 0 Å². The van der Waals surface area contributed by atoms with Crippen LogP contribution in [-0.2, 0) is 6.42 Å². The Bertz CT molecular complexity index is 792. The Balaban J connectivity index is 1.46. The van der Waals surface area contributed by atoms with E-state index in [1.165, 1.54) is 5.56 Å². The molecule has 1 N–H and O–H groups in total. The van der Waals surface area contributed by atoms with Crippen molar-refractivity contribution in [1.82, 2.24) is 9.80 Å². The minimum absolute atomic E-state index is 0.148. The Hall–Kier alpha value is -2.55. The summed E-state index contributed by atoms with van der Waals surface area (Å²) in [5.74, 6) is 0. The van der Waals surface area contributed by atoms with Crippen molar-refractivity contribution >= 4 is 23.3 Å². The van der Waals surface area contributed by atoms with Gasteiger partial charge in [0.2, 0.25) is 0 Å². The number of carbonyl (C=O) groups excluding carboxylic acids is 1. The van der Waals surface area contributed by atoms with Crippen LogP contribution in [0.3, 0.4) is 0 Å². The topological polar surface area (TPSA) is 59.4 Å². The molecule has 0 atom stereocenters. The molecule has 5 nitrogen and oxygen atoms in total. The van der Waals surface area contributed by atoms with E-state index in [-0.39, 0.29) is 6.03 Å². The van der Waals surface area contributed by atoms with E-state index >= 15 is 0 Å². The highest BCUT2D eigenvalue weighted by Gasteiger charge is 2.21. The van der Waals surface area contributed by atoms with E-state index in [1.54, 1.807) is 23.1 Å². The van der Waals surface area contributed by atoms with Crippen LogP contribution in [-0.4, -0.2) is 48.6 Å². The van der Waals surface area contributed by atoms with Gasteiger partial charge in [-0.2, -0.15) is 5.26 Å². The number of piperazine rings is 1. The minimum atomic E-state index is -0.148. The number of para-hydroxylation sites is 1. The fraction of sp³-hybridized carbons (Fsp3) is 0.300. The number of rotatable bonds is 4. The smallest absolute Gasteiger partial charge is 0.321 e. The number of urea groups is 1. The Labute approximate surface area is 158 Å². The number of carbonyl (C=O) groups is 1. The first-order chi connectivity index (χ1) is 12.7. The molecule has 3 rings (SSSR count). The number of nitrogens with one attached hydrogen (secondary N) is 1. The second kappa shape index (κ2) is 8.70. The molecule has 0 aromatic heterocycles. The Morgan fingerprint density at radius 3 is 2.46 bits per heavy atom. The van der Waals surface area contributed by atoms with Crippen molar-refractivity contribution in [2.24, 2.45) is 0 Å². The van der Waals surface area contributed by atoms with Crippen LogP contribution in [0.15, 0.2) is 48.5 Å².